The number of H-pyrrole nitrogens is 1. The van der Waals surface area contributed by atoms with Crippen LogP contribution in [0.4, 0.5) is 0 Å². The molecule has 2 rings (SSSR count). The zero-order valence-corrected chi connectivity index (χ0v) is 8.31. The Labute approximate surface area is 91.2 Å². The minimum atomic E-state index is -0.984. The minimum Gasteiger partial charge on any atom is -0.478 e. The number of nitrogens with one attached hydrogen (secondary N) is 1. The first-order valence-electron chi connectivity index (χ1n) is 4.70. The van der Waals surface area contributed by atoms with Crippen molar-refractivity contribution in [3.63, 3.8) is 0 Å². The monoisotopic (exact) mass is 215 g/mol. The normalized spacial score (nSPS) is 10.0. The lowest BCUT2D eigenvalue weighted by molar-refractivity contribution is 0.0698. The zero-order valence-electron chi connectivity index (χ0n) is 8.31. The van der Waals surface area contributed by atoms with Gasteiger partial charge in [-0.1, -0.05) is 18.2 Å². The number of aromatic carboxylic acids is 1. The molecular formula is C12H9NO3. The van der Waals surface area contributed by atoms with Crippen molar-refractivity contribution >= 4 is 5.97 Å². The molecule has 16 heavy (non-hydrogen) atoms. The second-order valence-corrected chi connectivity index (χ2v) is 3.29. The molecular weight excluding hydrogens is 206 g/mol. The lowest BCUT2D eigenvalue weighted by Gasteiger charge is -2.04. The number of rotatable bonds is 2. The number of aromatic nitrogens is 1. The zero-order chi connectivity index (χ0) is 11.5. The number of pyridine rings is 1. The predicted molar refractivity (Wildman–Crippen MR) is 59.5 cm³/mol. The number of hydrogen-bond donors (Lipinski definition) is 2. The largest absolute Gasteiger partial charge is 0.478 e. The quantitative estimate of drug-likeness (QED) is 0.801. The van der Waals surface area contributed by atoms with Gasteiger partial charge in [0.2, 0.25) is 5.56 Å². The molecule has 0 saturated carbocycles. The molecule has 0 aliphatic carbocycles. The molecule has 0 fully saturated rings. The highest BCUT2D eigenvalue weighted by Crippen LogP contribution is 2.21. The van der Waals surface area contributed by atoms with Crippen molar-refractivity contribution in [3.05, 3.63) is 58.5 Å². The Hall–Kier alpha value is -2.36. The molecule has 0 aliphatic rings. The third-order valence-corrected chi connectivity index (χ3v) is 2.25. The topological polar surface area (TPSA) is 70.2 Å². The average Bonchev–Trinajstić information content (AvgIpc) is 2.30. The maximum Gasteiger partial charge on any atom is 0.336 e. The van der Waals surface area contributed by atoms with Gasteiger partial charge in [0.15, 0.2) is 0 Å². The summed E-state index contributed by atoms with van der Waals surface area (Å²) in [6, 6.07) is 9.62. The van der Waals surface area contributed by atoms with Crippen LogP contribution < -0.4 is 5.56 Å². The number of aromatic amines is 1. The third-order valence-electron chi connectivity index (χ3n) is 2.25. The summed E-state index contributed by atoms with van der Waals surface area (Å²) in [4.78, 5) is 24.4. The van der Waals surface area contributed by atoms with E-state index in [4.69, 9.17) is 5.11 Å². The van der Waals surface area contributed by atoms with Crippen molar-refractivity contribution < 1.29 is 9.90 Å². The van der Waals surface area contributed by atoms with Crippen LogP contribution in [0.25, 0.3) is 11.1 Å². The highest BCUT2D eigenvalue weighted by Gasteiger charge is 2.10. The van der Waals surface area contributed by atoms with E-state index in [1.807, 2.05) is 0 Å². The molecule has 0 atom stereocenters. The van der Waals surface area contributed by atoms with Gasteiger partial charge in [-0.2, -0.15) is 0 Å². The van der Waals surface area contributed by atoms with Crippen molar-refractivity contribution in [1.29, 1.82) is 0 Å². The van der Waals surface area contributed by atoms with E-state index in [-0.39, 0.29) is 11.1 Å². The van der Waals surface area contributed by atoms with Gasteiger partial charge in [0.25, 0.3) is 0 Å². The second kappa shape index (κ2) is 4.02. The van der Waals surface area contributed by atoms with Crippen LogP contribution in [-0.2, 0) is 0 Å². The smallest absolute Gasteiger partial charge is 0.336 e. The van der Waals surface area contributed by atoms with Crippen molar-refractivity contribution in [2.24, 2.45) is 0 Å². The van der Waals surface area contributed by atoms with Gasteiger partial charge in [-0.15, -0.1) is 0 Å². The molecule has 80 valence electrons. The lowest BCUT2D eigenvalue weighted by atomic mass is 10.0. The van der Waals surface area contributed by atoms with Gasteiger partial charge in [-0.05, 0) is 23.3 Å². The van der Waals surface area contributed by atoms with Gasteiger partial charge in [0.05, 0.1) is 5.56 Å². The number of hydrogen-bond acceptors (Lipinski definition) is 2. The van der Waals surface area contributed by atoms with E-state index in [0.717, 1.165) is 0 Å². The Morgan fingerprint density at radius 2 is 1.88 bits per heavy atom. The maximum absolute atomic E-state index is 11.0. The Kier molecular flexibility index (Phi) is 2.55. The molecule has 0 spiro atoms. The molecule has 4 heteroatoms. The van der Waals surface area contributed by atoms with E-state index < -0.39 is 5.97 Å². The van der Waals surface area contributed by atoms with Crippen LogP contribution in [0.2, 0.25) is 0 Å². The summed E-state index contributed by atoms with van der Waals surface area (Å²) in [5.74, 6) is -0.984. The van der Waals surface area contributed by atoms with Gasteiger partial charge in [-0.25, -0.2) is 4.79 Å². The van der Waals surface area contributed by atoms with Crippen LogP contribution in [0, 0.1) is 0 Å². The second-order valence-electron chi connectivity index (χ2n) is 3.29. The number of carboxylic acids is 1. The summed E-state index contributed by atoms with van der Waals surface area (Å²) in [5, 5.41) is 9.01. The maximum atomic E-state index is 11.0. The summed E-state index contributed by atoms with van der Waals surface area (Å²) in [7, 11) is 0. The summed E-state index contributed by atoms with van der Waals surface area (Å²) in [6.45, 7) is 0. The van der Waals surface area contributed by atoms with Crippen molar-refractivity contribution in [3.8, 4) is 11.1 Å². The predicted octanol–water partition coefficient (Wildman–Crippen LogP) is 1.74. The molecule has 0 saturated heterocycles. The summed E-state index contributed by atoms with van der Waals surface area (Å²) in [6.07, 6.45) is 1.50. The minimum absolute atomic E-state index is 0.212. The van der Waals surface area contributed by atoms with Gasteiger partial charge in [0, 0.05) is 12.3 Å². The molecule has 1 aromatic carbocycles. The Morgan fingerprint density at radius 1 is 1.12 bits per heavy atom. The fourth-order valence-electron chi connectivity index (χ4n) is 1.50. The molecule has 2 N–H and O–H groups in total. The van der Waals surface area contributed by atoms with E-state index >= 15 is 0 Å². The molecule has 0 radical (unpaired) electrons. The van der Waals surface area contributed by atoms with E-state index in [2.05, 4.69) is 4.98 Å². The van der Waals surface area contributed by atoms with Crippen LogP contribution in [-0.4, -0.2) is 16.1 Å². The standard InChI is InChI=1S/C12H9NO3/c14-11-6-5-8(7-13-11)9-3-1-2-4-10(9)12(15)16/h1-7H,(H,13,14)(H,15,16). The Bertz CT molecular complexity index is 566. The van der Waals surface area contributed by atoms with Gasteiger partial charge < -0.3 is 10.1 Å². The van der Waals surface area contributed by atoms with E-state index in [1.165, 1.54) is 18.3 Å². The van der Waals surface area contributed by atoms with Crippen LogP contribution in [0.15, 0.2) is 47.4 Å². The van der Waals surface area contributed by atoms with E-state index in [1.54, 1.807) is 24.3 Å². The third kappa shape index (κ3) is 1.86. The molecule has 0 aliphatic heterocycles. The first-order chi connectivity index (χ1) is 7.68. The van der Waals surface area contributed by atoms with Crippen molar-refractivity contribution in [2.45, 2.75) is 0 Å². The molecule has 1 aromatic heterocycles. The number of carbonyl (C=O) groups is 1. The van der Waals surface area contributed by atoms with Crippen molar-refractivity contribution in [2.75, 3.05) is 0 Å². The Morgan fingerprint density at radius 3 is 2.50 bits per heavy atom. The van der Waals surface area contributed by atoms with E-state index in [9.17, 15) is 9.59 Å². The summed E-state index contributed by atoms with van der Waals surface area (Å²) in [5.41, 5.74) is 1.27. The SMILES string of the molecule is O=C(O)c1ccccc1-c1ccc(=O)[nH]c1. The molecule has 1 heterocycles. The molecule has 0 unspecified atom stereocenters. The first kappa shape index (κ1) is 10.2. The average molecular weight is 215 g/mol. The van der Waals surface area contributed by atoms with Crippen LogP contribution in [0.5, 0.6) is 0 Å². The van der Waals surface area contributed by atoms with Crippen LogP contribution >= 0.6 is 0 Å². The molecule has 0 amide bonds. The summed E-state index contributed by atoms with van der Waals surface area (Å²) >= 11 is 0. The highest BCUT2D eigenvalue weighted by molar-refractivity contribution is 5.95. The fourth-order valence-corrected chi connectivity index (χ4v) is 1.50. The molecule has 2 aromatic rings. The Balaban J connectivity index is 2.59. The van der Waals surface area contributed by atoms with Gasteiger partial charge in [-0.3, -0.25) is 4.79 Å². The molecule has 0 bridgehead atoms. The summed E-state index contributed by atoms with van der Waals surface area (Å²) < 4.78 is 0. The highest BCUT2D eigenvalue weighted by atomic mass is 16.4. The fraction of sp³-hybridized carbons (Fsp3) is 0. The van der Waals surface area contributed by atoms with Gasteiger partial charge >= 0.3 is 5.97 Å². The molecule has 4 nitrogen and oxygen atoms in total. The first-order valence-corrected chi connectivity index (χ1v) is 4.70. The number of carboxylic acid groups (broad SMARTS) is 1. The van der Waals surface area contributed by atoms with Gasteiger partial charge in [0.1, 0.15) is 0 Å². The number of benzene rings is 1. The van der Waals surface area contributed by atoms with E-state index in [0.29, 0.717) is 11.1 Å². The van der Waals surface area contributed by atoms with Crippen molar-refractivity contribution in [1.82, 2.24) is 4.98 Å². The lowest BCUT2D eigenvalue weighted by Crippen LogP contribution is -2.03. The van der Waals surface area contributed by atoms with Crippen LogP contribution in [0.1, 0.15) is 10.4 Å². The van der Waals surface area contributed by atoms with Crippen LogP contribution in [0.3, 0.4) is 0 Å².